The number of pyridine rings is 1. The van der Waals surface area contributed by atoms with Crippen LogP contribution in [0.3, 0.4) is 0 Å². The molecule has 246 valence electrons. The number of piperazine rings is 1. The number of alkyl halides is 8. The van der Waals surface area contributed by atoms with Crippen LogP contribution in [0.15, 0.2) is 48.9 Å². The smallest absolute Gasteiger partial charge is 0.456 e. The van der Waals surface area contributed by atoms with E-state index in [1.807, 2.05) is 13.0 Å². The Kier molecular flexibility index (Phi) is 9.01. The molecule has 0 aliphatic carbocycles. The number of fused-ring (bicyclic) bond motifs is 1. The summed E-state index contributed by atoms with van der Waals surface area (Å²) in [6, 6.07) is 9.55. The van der Waals surface area contributed by atoms with Crippen LogP contribution in [-0.2, 0) is 4.79 Å². The van der Waals surface area contributed by atoms with E-state index in [4.69, 9.17) is 0 Å². The van der Waals surface area contributed by atoms with Gasteiger partial charge in [0.05, 0.1) is 16.7 Å². The van der Waals surface area contributed by atoms with Gasteiger partial charge in [-0.15, -0.1) is 0 Å². The maximum atomic E-state index is 13.2. The molecular formula is C28H26F8N8O2. The summed E-state index contributed by atoms with van der Waals surface area (Å²) < 4.78 is 106. The average Bonchev–Trinajstić information content (AvgIpc) is 3.40. The maximum Gasteiger partial charge on any atom is 0.456 e. The number of anilines is 2. The number of hydrogen-bond acceptors (Lipinski definition) is 8. The fourth-order valence-corrected chi connectivity index (χ4v) is 4.80. The second-order valence-corrected chi connectivity index (χ2v) is 10.5. The molecule has 46 heavy (non-hydrogen) atoms. The van der Waals surface area contributed by atoms with Crippen LogP contribution in [0.25, 0.3) is 22.3 Å². The maximum absolute atomic E-state index is 13.2. The molecule has 0 saturated carbocycles. The number of hydrogen-bond donors (Lipinski definition) is 2. The highest BCUT2D eigenvalue weighted by atomic mass is 19.4. The molecule has 1 amide bonds. The van der Waals surface area contributed by atoms with Crippen molar-refractivity contribution in [2.75, 3.05) is 38.1 Å². The monoisotopic (exact) mass is 658 g/mol. The average molecular weight is 659 g/mol. The van der Waals surface area contributed by atoms with Crippen molar-refractivity contribution in [2.45, 2.75) is 37.7 Å². The molecule has 1 saturated heterocycles. The van der Waals surface area contributed by atoms with Gasteiger partial charge in [-0.3, -0.25) is 9.69 Å². The number of carbonyl (C=O) groups is 1. The van der Waals surface area contributed by atoms with Crippen molar-refractivity contribution in [3.63, 3.8) is 0 Å². The van der Waals surface area contributed by atoms with E-state index in [1.165, 1.54) is 4.90 Å². The Morgan fingerprint density at radius 3 is 2.41 bits per heavy atom. The summed E-state index contributed by atoms with van der Waals surface area (Å²) in [6.45, 7) is 1.20. The zero-order valence-electron chi connectivity index (χ0n) is 24.0. The van der Waals surface area contributed by atoms with E-state index in [-0.39, 0.29) is 24.8 Å². The van der Waals surface area contributed by atoms with Crippen LogP contribution in [0.2, 0.25) is 0 Å². The van der Waals surface area contributed by atoms with E-state index in [9.17, 15) is 39.9 Å². The number of rotatable bonds is 9. The fourth-order valence-electron chi connectivity index (χ4n) is 4.80. The summed E-state index contributed by atoms with van der Waals surface area (Å²) >= 11 is 0. The molecule has 1 aliphatic heterocycles. The van der Waals surface area contributed by atoms with E-state index < -0.39 is 43.1 Å². The van der Waals surface area contributed by atoms with Gasteiger partial charge in [0.15, 0.2) is 6.61 Å². The molecule has 1 aliphatic rings. The number of benzene rings is 1. The zero-order chi connectivity index (χ0) is 33.3. The number of aromatic nitrogens is 5. The summed E-state index contributed by atoms with van der Waals surface area (Å²) in [6.07, 6.45) is -9.21. The highest BCUT2D eigenvalue weighted by Crippen LogP contribution is 2.36. The molecule has 3 aromatic heterocycles. The van der Waals surface area contributed by atoms with E-state index >= 15 is 0 Å². The summed E-state index contributed by atoms with van der Waals surface area (Å²) in [7, 11) is 0. The van der Waals surface area contributed by atoms with Crippen LogP contribution in [0.1, 0.15) is 24.9 Å². The number of aromatic amines is 1. The van der Waals surface area contributed by atoms with Crippen LogP contribution < -0.4 is 10.1 Å². The number of halogens is 8. The SMILES string of the molecule is CC(c1ccnc(Nc2nc3ccc(-c4cc(OCC(F)(F)C(F)(F)F)ncn4)cc3[nH]2)c1)N1CCN(C(=O)CC(F)(F)F)CC1. The third-order valence-corrected chi connectivity index (χ3v) is 7.31. The van der Waals surface area contributed by atoms with Gasteiger partial charge in [-0.25, -0.2) is 19.9 Å². The summed E-state index contributed by atoms with van der Waals surface area (Å²) in [5.74, 6) is -5.66. The minimum absolute atomic E-state index is 0.122. The molecule has 0 radical (unpaired) electrons. The van der Waals surface area contributed by atoms with Crippen molar-refractivity contribution >= 4 is 28.7 Å². The Morgan fingerprint density at radius 2 is 1.72 bits per heavy atom. The number of imidazole rings is 1. The largest absolute Gasteiger partial charge is 0.471 e. The second kappa shape index (κ2) is 12.6. The summed E-state index contributed by atoms with van der Waals surface area (Å²) in [5, 5.41) is 3.08. The van der Waals surface area contributed by atoms with Crippen LogP contribution in [-0.4, -0.2) is 91.7 Å². The van der Waals surface area contributed by atoms with Gasteiger partial charge in [0, 0.05) is 50.0 Å². The molecule has 4 aromatic rings. The Morgan fingerprint density at radius 1 is 0.978 bits per heavy atom. The van der Waals surface area contributed by atoms with Crippen molar-refractivity contribution < 1.29 is 44.7 Å². The van der Waals surface area contributed by atoms with Crippen LogP contribution in [0.4, 0.5) is 46.9 Å². The third-order valence-electron chi connectivity index (χ3n) is 7.31. The van der Waals surface area contributed by atoms with Crippen LogP contribution in [0.5, 0.6) is 5.88 Å². The number of amides is 1. The Balaban J connectivity index is 1.23. The van der Waals surface area contributed by atoms with E-state index in [2.05, 4.69) is 39.9 Å². The van der Waals surface area contributed by atoms with E-state index in [1.54, 1.807) is 30.5 Å². The lowest BCUT2D eigenvalue weighted by atomic mass is 10.1. The van der Waals surface area contributed by atoms with Gasteiger partial charge < -0.3 is 19.9 Å². The lowest BCUT2D eigenvalue weighted by Gasteiger charge is -2.38. The van der Waals surface area contributed by atoms with Gasteiger partial charge >= 0.3 is 18.3 Å². The predicted octanol–water partition coefficient (Wildman–Crippen LogP) is 5.89. The van der Waals surface area contributed by atoms with Gasteiger partial charge in [0.1, 0.15) is 18.6 Å². The molecule has 2 N–H and O–H groups in total. The van der Waals surface area contributed by atoms with Gasteiger partial charge in [-0.1, -0.05) is 6.07 Å². The summed E-state index contributed by atoms with van der Waals surface area (Å²) in [4.78, 5) is 34.7. The molecule has 0 spiro atoms. The second-order valence-electron chi connectivity index (χ2n) is 10.5. The first-order valence-corrected chi connectivity index (χ1v) is 13.8. The van der Waals surface area contributed by atoms with Crippen molar-refractivity contribution in [3.8, 4) is 17.1 Å². The van der Waals surface area contributed by atoms with E-state index in [0.29, 0.717) is 41.5 Å². The molecular weight excluding hydrogens is 632 g/mol. The number of nitrogens with zero attached hydrogens (tertiary/aromatic N) is 6. The predicted molar refractivity (Wildman–Crippen MR) is 148 cm³/mol. The van der Waals surface area contributed by atoms with Gasteiger partial charge in [0.2, 0.25) is 17.7 Å². The van der Waals surface area contributed by atoms with Crippen molar-refractivity contribution in [3.05, 3.63) is 54.5 Å². The number of nitrogens with one attached hydrogen (secondary N) is 2. The first kappa shape index (κ1) is 32.8. The topological polar surface area (TPSA) is 112 Å². The highest BCUT2D eigenvalue weighted by Gasteiger charge is 2.58. The van der Waals surface area contributed by atoms with Crippen molar-refractivity contribution in [1.29, 1.82) is 0 Å². The molecule has 1 unspecified atom stereocenters. The molecule has 10 nitrogen and oxygen atoms in total. The van der Waals surface area contributed by atoms with Gasteiger partial charge in [0.25, 0.3) is 0 Å². The molecule has 1 fully saturated rings. The Labute approximate surface area is 255 Å². The number of ether oxygens (including phenoxy) is 1. The lowest BCUT2D eigenvalue weighted by molar-refractivity contribution is -0.290. The molecule has 1 atom stereocenters. The first-order chi connectivity index (χ1) is 21.6. The van der Waals surface area contributed by atoms with Gasteiger partial charge in [-0.05, 0) is 36.8 Å². The summed E-state index contributed by atoms with van der Waals surface area (Å²) in [5.41, 5.74) is 2.66. The minimum Gasteiger partial charge on any atom is -0.471 e. The zero-order valence-corrected chi connectivity index (χ0v) is 24.0. The lowest BCUT2D eigenvalue weighted by Crippen LogP contribution is -2.50. The van der Waals surface area contributed by atoms with Crippen LogP contribution >= 0.6 is 0 Å². The minimum atomic E-state index is -5.77. The fraction of sp³-hybridized carbons (Fsp3) is 0.393. The molecule has 5 rings (SSSR count). The standard InChI is InChI=1S/C28H26F8N8O2/c1-16(43-6-8-44(9-7-43)24(45)13-27(31,32)33)17-4-5-37-22(11-17)42-25-40-19-3-2-18(10-21(19)41-25)20-12-23(39-15-38-20)46-14-26(29,30)28(34,35)36/h2-5,10-12,15-16H,6-9,13-14H2,1H3,(H2,37,40,41,42). The first-order valence-electron chi connectivity index (χ1n) is 13.8. The molecule has 4 heterocycles. The van der Waals surface area contributed by atoms with Crippen molar-refractivity contribution in [2.24, 2.45) is 0 Å². The van der Waals surface area contributed by atoms with Gasteiger partial charge in [-0.2, -0.15) is 35.1 Å². The highest BCUT2D eigenvalue weighted by molar-refractivity contribution is 5.83. The number of H-pyrrole nitrogens is 1. The van der Waals surface area contributed by atoms with Crippen molar-refractivity contribution in [1.82, 2.24) is 34.7 Å². The Bertz CT molecular complexity index is 1690. The van der Waals surface area contributed by atoms with E-state index in [0.717, 1.165) is 18.0 Å². The normalized spacial score (nSPS) is 15.6. The Hall–Kier alpha value is -4.61. The van der Waals surface area contributed by atoms with Crippen LogP contribution in [0, 0.1) is 0 Å². The third kappa shape index (κ3) is 7.78. The quantitative estimate of drug-likeness (QED) is 0.214. The molecule has 1 aromatic carbocycles. The molecule has 0 bridgehead atoms. The number of carbonyl (C=O) groups excluding carboxylic acids is 1. The molecule has 18 heteroatoms.